The van der Waals surface area contributed by atoms with Crippen molar-refractivity contribution >= 4 is 22.9 Å². The number of hydrogen-bond donors (Lipinski definition) is 1. The van der Waals surface area contributed by atoms with Crippen LogP contribution in [0.5, 0.6) is 0 Å². The SMILES string of the molecule is NC(Cc1sccc1Cl)c1ccco1. The molecule has 0 aliphatic rings. The highest BCUT2D eigenvalue weighted by Crippen LogP contribution is 2.26. The number of furan rings is 1. The molecule has 1 unspecified atom stereocenters. The minimum absolute atomic E-state index is 0.110. The fourth-order valence-electron chi connectivity index (χ4n) is 1.27. The first-order valence-corrected chi connectivity index (χ1v) is 5.54. The van der Waals surface area contributed by atoms with Crippen LogP contribution in [0.15, 0.2) is 34.3 Å². The summed E-state index contributed by atoms with van der Waals surface area (Å²) >= 11 is 7.59. The molecule has 1 atom stereocenters. The predicted molar refractivity (Wildman–Crippen MR) is 58.7 cm³/mol. The summed E-state index contributed by atoms with van der Waals surface area (Å²) in [4.78, 5) is 1.11. The van der Waals surface area contributed by atoms with Crippen molar-refractivity contribution in [2.75, 3.05) is 0 Å². The van der Waals surface area contributed by atoms with Gasteiger partial charge in [0.15, 0.2) is 0 Å². The van der Waals surface area contributed by atoms with E-state index in [0.29, 0.717) is 0 Å². The van der Waals surface area contributed by atoms with E-state index in [4.69, 9.17) is 21.8 Å². The van der Waals surface area contributed by atoms with Crippen molar-refractivity contribution in [3.8, 4) is 0 Å². The van der Waals surface area contributed by atoms with Crippen molar-refractivity contribution < 1.29 is 4.42 Å². The van der Waals surface area contributed by atoms with Crippen molar-refractivity contribution in [1.82, 2.24) is 0 Å². The summed E-state index contributed by atoms with van der Waals surface area (Å²) in [6, 6.07) is 5.49. The smallest absolute Gasteiger partial charge is 0.120 e. The third-order valence-corrected chi connectivity index (χ3v) is 3.41. The Labute approximate surface area is 91.3 Å². The molecule has 74 valence electrons. The zero-order valence-electron chi connectivity index (χ0n) is 7.44. The summed E-state index contributed by atoms with van der Waals surface area (Å²) in [7, 11) is 0. The van der Waals surface area contributed by atoms with Gasteiger partial charge in [0.25, 0.3) is 0 Å². The largest absolute Gasteiger partial charge is 0.468 e. The Kier molecular flexibility index (Phi) is 2.91. The molecule has 14 heavy (non-hydrogen) atoms. The van der Waals surface area contributed by atoms with Crippen LogP contribution in [0, 0.1) is 0 Å². The van der Waals surface area contributed by atoms with Gasteiger partial charge in [0.1, 0.15) is 5.76 Å². The van der Waals surface area contributed by atoms with Gasteiger partial charge in [-0.3, -0.25) is 0 Å². The summed E-state index contributed by atoms with van der Waals surface area (Å²) in [5.74, 6) is 0.800. The van der Waals surface area contributed by atoms with Gasteiger partial charge in [0.05, 0.1) is 17.3 Å². The highest BCUT2D eigenvalue weighted by atomic mass is 35.5. The molecule has 2 heterocycles. The molecule has 0 bridgehead atoms. The lowest BCUT2D eigenvalue weighted by atomic mass is 10.1. The Bertz CT molecular complexity index is 396. The molecule has 0 aliphatic heterocycles. The van der Waals surface area contributed by atoms with Gasteiger partial charge in [-0.15, -0.1) is 11.3 Å². The van der Waals surface area contributed by atoms with Gasteiger partial charge >= 0.3 is 0 Å². The van der Waals surface area contributed by atoms with E-state index in [1.807, 2.05) is 23.6 Å². The molecule has 2 rings (SSSR count). The van der Waals surface area contributed by atoms with Crippen LogP contribution in [0.2, 0.25) is 5.02 Å². The molecule has 2 nitrogen and oxygen atoms in total. The molecule has 2 aromatic rings. The normalized spacial score (nSPS) is 13.0. The molecule has 0 fully saturated rings. The van der Waals surface area contributed by atoms with E-state index in [1.54, 1.807) is 17.6 Å². The molecule has 4 heteroatoms. The van der Waals surface area contributed by atoms with Crippen LogP contribution in [0.25, 0.3) is 0 Å². The van der Waals surface area contributed by atoms with Crippen molar-refractivity contribution in [3.63, 3.8) is 0 Å². The van der Waals surface area contributed by atoms with E-state index in [1.165, 1.54) is 0 Å². The minimum Gasteiger partial charge on any atom is -0.468 e. The second-order valence-electron chi connectivity index (χ2n) is 3.02. The lowest BCUT2D eigenvalue weighted by Gasteiger charge is -2.06. The van der Waals surface area contributed by atoms with Gasteiger partial charge in [-0.05, 0) is 23.6 Å². The fraction of sp³-hybridized carbons (Fsp3) is 0.200. The van der Waals surface area contributed by atoms with Crippen LogP contribution in [0.4, 0.5) is 0 Å². The molecule has 0 radical (unpaired) electrons. The monoisotopic (exact) mass is 227 g/mol. The maximum absolute atomic E-state index is 5.97. The van der Waals surface area contributed by atoms with Crippen molar-refractivity contribution in [3.05, 3.63) is 45.5 Å². The van der Waals surface area contributed by atoms with E-state index < -0.39 is 0 Å². The zero-order valence-corrected chi connectivity index (χ0v) is 9.02. The first kappa shape index (κ1) is 9.77. The first-order valence-electron chi connectivity index (χ1n) is 4.28. The Morgan fingerprint density at radius 3 is 2.93 bits per heavy atom. The Hall–Kier alpha value is -0.770. The molecular formula is C10H10ClNOS. The Morgan fingerprint density at radius 2 is 2.36 bits per heavy atom. The lowest BCUT2D eigenvalue weighted by Crippen LogP contribution is -2.11. The summed E-state index contributed by atoms with van der Waals surface area (Å²) in [5.41, 5.74) is 5.95. The molecular weight excluding hydrogens is 218 g/mol. The highest BCUT2D eigenvalue weighted by Gasteiger charge is 2.12. The average Bonchev–Trinajstić information content (AvgIpc) is 2.77. The van der Waals surface area contributed by atoms with Crippen LogP contribution >= 0.6 is 22.9 Å². The van der Waals surface area contributed by atoms with Gasteiger partial charge < -0.3 is 10.2 Å². The standard InChI is InChI=1S/C10H10ClNOS/c11-7-3-5-14-10(7)6-8(12)9-2-1-4-13-9/h1-5,8H,6,12H2. The second-order valence-corrected chi connectivity index (χ2v) is 4.43. The van der Waals surface area contributed by atoms with E-state index in [-0.39, 0.29) is 6.04 Å². The summed E-state index contributed by atoms with van der Waals surface area (Å²) < 4.78 is 5.22. The van der Waals surface area contributed by atoms with Gasteiger partial charge in [-0.25, -0.2) is 0 Å². The number of nitrogens with two attached hydrogens (primary N) is 1. The van der Waals surface area contributed by atoms with E-state index >= 15 is 0 Å². The molecule has 0 aromatic carbocycles. The molecule has 0 spiro atoms. The molecule has 0 saturated carbocycles. The summed E-state index contributed by atoms with van der Waals surface area (Å²) in [5, 5.41) is 2.75. The van der Waals surface area contributed by atoms with Crippen LogP contribution in [0.3, 0.4) is 0 Å². The van der Waals surface area contributed by atoms with Crippen LogP contribution in [-0.4, -0.2) is 0 Å². The van der Waals surface area contributed by atoms with Crippen molar-refractivity contribution in [1.29, 1.82) is 0 Å². The molecule has 0 saturated heterocycles. The fourth-order valence-corrected chi connectivity index (χ4v) is 2.45. The molecule has 2 aromatic heterocycles. The lowest BCUT2D eigenvalue weighted by molar-refractivity contribution is 0.466. The second kappa shape index (κ2) is 4.17. The molecule has 0 aliphatic carbocycles. The maximum atomic E-state index is 5.97. The van der Waals surface area contributed by atoms with E-state index in [9.17, 15) is 0 Å². The molecule has 2 N–H and O–H groups in total. The van der Waals surface area contributed by atoms with Crippen LogP contribution in [0.1, 0.15) is 16.7 Å². The van der Waals surface area contributed by atoms with E-state index in [0.717, 1.165) is 22.1 Å². The van der Waals surface area contributed by atoms with Crippen LogP contribution < -0.4 is 5.73 Å². The Balaban J connectivity index is 2.09. The number of hydrogen-bond acceptors (Lipinski definition) is 3. The Morgan fingerprint density at radius 1 is 1.50 bits per heavy atom. The quantitative estimate of drug-likeness (QED) is 0.875. The van der Waals surface area contributed by atoms with Gasteiger partial charge in [0, 0.05) is 11.3 Å². The first-order chi connectivity index (χ1) is 6.77. The van der Waals surface area contributed by atoms with Crippen molar-refractivity contribution in [2.24, 2.45) is 5.73 Å². The van der Waals surface area contributed by atoms with E-state index in [2.05, 4.69) is 0 Å². The number of halogens is 1. The minimum atomic E-state index is -0.110. The molecule has 0 amide bonds. The summed E-state index contributed by atoms with van der Waals surface area (Å²) in [6.45, 7) is 0. The van der Waals surface area contributed by atoms with Gasteiger partial charge in [0.2, 0.25) is 0 Å². The van der Waals surface area contributed by atoms with Gasteiger partial charge in [-0.1, -0.05) is 11.6 Å². The predicted octanol–water partition coefficient (Wildman–Crippen LogP) is 3.24. The number of rotatable bonds is 3. The highest BCUT2D eigenvalue weighted by molar-refractivity contribution is 7.10. The van der Waals surface area contributed by atoms with Crippen LogP contribution in [-0.2, 0) is 6.42 Å². The zero-order chi connectivity index (χ0) is 9.97. The summed E-state index contributed by atoms with van der Waals surface area (Å²) in [6.07, 6.45) is 2.36. The average molecular weight is 228 g/mol. The third kappa shape index (κ3) is 2.00. The number of thiophene rings is 1. The third-order valence-electron chi connectivity index (χ3n) is 2.00. The van der Waals surface area contributed by atoms with Gasteiger partial charge in [-0.2, -0.15) is 0 Å². The maximum Gasteiger partial charge on any atom is 0.120 e. The van der Waals surface area contributed by atoms with Crippen molar-refractivity contribution in [2.45, 2.75) is 12.5 Å². The topological polar surface area (TPSA) is 39.2 Å².